The van der Waals surface area contributed by atoms with Crippen molar-refractivity contribution in [1.29, 1.82) is 0 Å². The molecule has 6 heteroatoms. The first kappa shape index (κ1) is 18.2. The number of nitrogens with two attached hydrogens (primary N) is 1. The van der Waals surface area contributed by atoms with Crippen LogP contribution in [0.3, 0.4) is 0 Å². The Kier molecular flexibility index (Phi) is 6.07. The Morgan fingerprint density at radius 3 is 2.77 bits per heavy atom. The van der Waals surface area contributed by atoms with Crippen molar-refractivity contribution in [3.63, 3.8) is 0 Å². The van der Waals surface area contributed by atoms with Crippen LogP contribution in [-0.4, -0.2) is 37.2 Å². The number of morpholine rings is 1. The van der Waals surface area contributed by atoms with Gasteiger partial charge in [0.1, 0.15) is 5.82 Å². The first-order valence-corrected chi connectivity index (χ1v) is 9.07. The summed E-state index contributed by atoms with van der Waals surface area (Å²) in [5, 5.41) is 3.16. The van der Waals surface area contributed by atoms with Crippen LogP contribution in [0.15, 0.2) is 47.5 Å². The number of hydrogen-bond donors (Lipinski definition) is 2. The molecule has 1 fully saturated rings. The summed E-state index contributed by atoms with van der Waals surface area (Å²) in [6, 6.07) is 14.2. The molecule has 3 N–H and O–H groups in total. The predicted molar refractivity (Wildman–Crippen MR) is 107 cm³/mol. The normalized spacial score (nSPS) is 15.3. The lowest BCUT2D eigenvalue weighted by Crippen LogP contribution is -2.36. The van der Waals surface area contributed by atoms with Gasteiger partial charge in [-0.3, -0.25) is 0 Å². The Balaban J connectivity index is 1.62. The highest BCUT2D eigenvalue weighted by Crippen LogP contribution is 2.18. The molecule has 138 valence electrons. The van der Waals surface area contributed by atoms with Gasteiger partial charge < -0.3 is 20.7 Å². The Morgan fingerprint density at radius 1 is 1.23 bits per heavy atom. The highest BCUT2D eigenvalue weighted by atomic mass is 16.5. The van der Waals surface area contributed by atoms with E-state index in [1.807, 2.05) is 30.3 Å². The molecule has 0 spiro atoms. The molecule has 0 radical (unpaired) electrons. The molecule has 0 amide bonds. The van der Waals surface area contributed by atoms with E-state index in [1.165, 1.54) is 5.56 Å². The first-order valence-electron chi connectivity index (χ1n) is 9.07. The number of pyridine rings is 1. The van der Waals surface area contributed by atoms with Crippen molar-refractivity contribution in [3.8, 4) is 0 Å². The van der Waals surface area contributed by atoms with E-state index >= 15 is 0 Å². The number of guanidine groups is 1. The number of benzene rings is 1. The topological polar surface area (TPSA) is 75.8 Å². The van der Waals surface area contributed by atoms with Crippen LogP contribution < -0.4 is 16.0 Å². The van der Waals surface area contributed by atoms with E-state index in [2.05, 4.69) is 41.2 Å². The molecule has 26 heavy (non-hydrogen) atoms. The second-order valence-electron chi connectivity index (χ2n) is 6.69. The van der Waals surface area contributed by atoms with E-state index in [4.69, 9.17) is 15.5 Å². The molecule has 0 aliphatic carbocycles. The SMILES string of the molecule is CC(C)c1cccc(NC(N)=NCc2cccc(N3CCOCC3)n2)c1. The van der Waals surface area contributed by atoms with Crippen LogP contribution in [0.2, 0.25) is 0 Å². The van der Waals surface area contributed by atoms with Crippen molar-refractivity contribution < 1.29 is 4.74 Å². The second kappa shape index (κ2) is 8.67. The van der Waals surface area contributed by atoms with Gasteiger partial charge in [0.2, 0.25) is 0 Å². The molecule has 0 bridgehead atoms. The fourth-order valence-electron chi connectivity index (χ4n) is 2.85. The predicted octanol–water partition coefficient (Wildman–Crippen LogP) is 2.97. The van der Waals surface area contributed by atoms with Crippen molar-refractivity contribution in [2.45, 2.75) is 26.3 Å². The number of anilines is 2. The number of nitrogens with one attached hydrogen (secondary N) is 1. The molecule has 6 nitrogen and oxygen atoms in total. The van der Waals surface area contributed by atoms with Gasteiger partial charge in [0.05, 0.1) is 25.5 Å². The third kappa shape index (κ3) is 4.95. The highest BCUT2D eigenvalue weighted by Gasteiger charge is 2.12. The smallest absolute Gasteiger partial charge is 0.193 e. The molecule has 2 heterocycles. The Hall–Kier alpha value is -2.60. The minimum absolute atomic E-state index is 0.393. The first-order chi connectivity index (χ1) is 12.6. The van der Waals surface area contributed by atoms with Crippen LogP contribution in [0.25, 0.3) is 0 Å². The summed E-state index contributed by atoms with van der Waals surface area (Å²) in [4.78, 5) is 11.4. The molecule has 1 aliphatic rings. The maximum atomic E-state index is 6.04. The van der Waals surface area contributed by atoms with E-state index < -0.39 is 0 Å². The fourth-order valence-corrected chi connectivity index (χ4v) is 2.85. The Morgan fingerprint density at radius 2 is 2.00 bits per heavy atom. The largest absolute Gasteiger partial charge is 0.378 e. The van der Waals surface area contributed by atoms with E-state index in [0.29, 0.717) is 18.4 Å². The maximum Gasteiger partial charge on any atom is 0.193 e. The zero-order valence-corrected chi connectivity index (χ0v) is 15.5. The number of aliphatic imine (C=N–C) groups is 1. The Bertz CT molecular complexity index is 753. The molecule has 3 rings (SSSR count). The molecule has 1 saturated heterocycles. The van der Waals surface area contributed by atoms with Crippen molar-refractivity contribution >= 4 is 17.5 Å². The van der Waals surface area contributed by atoms with Crippen LogP contribution in [0, 0.1) is 0 Å². The summed E-state index contributed by atoms with van der Waals surface area (Å²) in [7, 11) is 0. The van der Waals surface area contributed by atoms with Gasteiger partial charge in [-0.2, -0.15) is 0 Å². The minimum atomic E-state index is 0.393. The van der Waals surface area contributed by atoms with E-state index in [9.17, 15) is 0 Å². The standard InChI is InChI=1S/C20H27N5O/c1-15(2)16-5-3-6-17(13-16)24-20(21)22-14-18-7-4-8-19(23-18)25-9-11-26-12-10-25/h3-8,13,15H,9-12,14H2,1-2H3,(H3,21,22,24). The lowest BCUT2D eigenvalue weighted by molar-refractivity contribution is 0.122. The summed E-state index contributed by atoms with van der Waals surface area (Å²) in [6.07, 6.45) is 0. The third-order valence-corrected chi connectivity index (χ3v) is 4.36. The zero-order chi connectivity index (χ0) is 18.4. The van der Waals surface area contributed by atoms with Crippen molar-refractivity contribution in [3.05, 3.63) is 53.7 Å². The van der Waals surface area contributed by atoms with Crippen molar-refractivity contribution in [1.82, 2.24) is 4.98 Å². The molecule has 2 aromatic rings. The summed E-state index contributed by atoms with van der Waals surface area (Å²) < 4.78 is 5.39. The lowest BCUT2D eigenvalue weighted by Gasteiger charge is -2.27. The van der Waals surface area contributed by atoms with E-state index in [0.717, 1.165) is 43.5 Å². The molecule has 0 unspecified atom stereocenters. The maximum absolute atomic E-state index is 6.04. The quantitative estimate of drug-likeness (QED) is 0.638. The Labute approximate surface area is 155 Å². The van der Waals surface area contributed by atoms with Crippen LogP contribution >= 0.6 is 0 Å². The van der Waals surface area contributed by atoms with Gasteiger partial charge in [0, 0.05) is 18.8 Å². The summed E-state index contributed by atoms with van der Waals surface area (Å²) in [5.41, 5.74) is 9.16. The number of hydrogen-bond acceptors (Lipinski definition) is 4. The average Bonchev–Trinajstić information content (AvgIpc) is 2.67. The molecule has 1 aromatic heterocycles. The second-order valence-corrected chi connectivity index (χ2v) is 6.69. The van der Waals surface area contributed by atoms with Crippen LogP contribution in [-0.2, 0) is 11.3 Å². The number of rotatable bonds is 5. The molecule has 1 aromatic carbocycles. The zero-order valence-electron chi connectivity index (χ0n) is 15.5. The van der Waals surface area contributed by atoms with Crippen LogP contribution in [0.1, 0.15) is 31.0 Å². The van der Waals surface area contributed by atoms with Crippen LogP contribution in [0.4, 0.5) is 11.5 Å². The molecule has 0 atom stereocenters. The minimum Gasteiger partial charge on any atom is -0.378 e. The van der Waals surface area contributed by atoms with Gasteiger partial charge in [-0.05, 0) is 35.7 Å². The van der Waals surface area contributed by atoms with Gasteiger partial charge in [-0.1, -0.05) is 32.0 Å². The van der Waals surface area contributed by atoms with Gasteiger partial charge in [0.25, 0.3) is 0 Å². The monoisotopic (exact) mass is 353 g/mol. The molecule has 1 aliphatic heterocycles. The number of ether oxygens (including phenoxy) is 1. The molecular weight excluding hydrogens is 326 g/mol. The van der Waals surface area contributed by atoms with Gasteiger partial charge in [0.15, 0.2) is 5.96 Å². The van der Waals surface area contributed by atoms with Gasteiger partial charge in [-0.15, -0.1) is 0 Å². The molecular formula is C20H27N5O. The lowest BCUT2D eigenvalue weighted by atomic mass is 10.0. The van der Waals surface area contributed by atoms with E-state index in [1.54, 1.807) is 0 Å². The van der Waals surface area contributed by atoms with Crippen molar-refractivity contribution in [2.75, 3.05) is 36.5 Å². The summed E-state index contributed by atoms with van der Waals surface area (Å²) >= 11 is 0. The van der Waals surface area contributed by atoms with Gasteiger partial charge >= 0.3 is 0 Å². The fraction of sp³-hybridized carbons (Fsp3) is 0.400. The molecule has 0 saturated carbocycles. The van der Waals surface area contributed by atoms with Crippen LogP contribution in [0.5, 0.6) is 0 Å². The number of nitrogens with zero attached hydrogens (tertiary/aromatic N) is 3. The number of aromatic nitrogens is 1. The van der Waals surface area contributed by atoms with Crippen molar-refractivity contribution in [2.24, 2.45) is 10.7 Å². The third-order valence-electron chi connectivity index (χ3n) is 4.36. The highest BCUT2D eigenvalue weighted by molar-refractivity contribution is 5.92. The van der Waals surface area contributed by atoms with E-state index in [-0.39, 0.29) is 0 Å². The van der Waals surface area contributed by atoms with Gasteiger partial charge in [-0.25, -0.2) is 9.98 Å². The average molecular weight is 353 g/mol. The summed E-state index contributed by atoms with van der Waals surface area (Å²) in [6.45, 7) is 8.02. The summed E-state index contributed by atoms with van der Waals surface area (Å²) in [5.74, 6) is 1.84.